The number of hydrogen-bond acceptors (Lipinski definition) is 5. The lowest BCUT2D eigenvalue weighted by Crippen LogP contribution is -2.47. The van der Waals surface area contributed by atoms with Crippen molar-refractivity contribution in [1.82, 2.24) is 9.80 Å². The van der Waals surface area contributed by atoms with E-state index in [1.165, 1.54) is 4.90 Å². The SMILES string of the molecule is COc1ccccc1N1CCN(CCCN2C(=O)C3(C)CC=CCC3(C)C2=O)CC1. The Kier molecular flexibility index (Phi) is 5.62. The first kappa shape index (κ1) is 20.9. The third-order valence-corrected chi connectivity index (χ3v) is 7.53. The van der Waals surface area contributed by atoms with Gasteiger partial charge in [-0.15, -0.1) is 0 Å². The Labute approximate surface area is 179 Å². The van der Waals surface area contributed by atoms with Gasteiger partial charge >= 0.3 is 0 Å². The minimum atomic E-state index is -0.584. The number of imide groups is 1. The predicted octanol–water partition coefficient (Wildman–Crippen LogP) is 2.94. The van der Waals surface area contributed by atoms with E-state index in [0.717, 1.165) is 50.6 Å². The van der Waals surface area contributed by atoms with E-state index in [2.05, 4.69) is 28.0 Å². The van der Waals surface area contributed by atoms with E-state index in [0.29, 0.717) is 19.4 Å². The van der Waals surface area contributed by atoms with Crippen molar-refractivity contribution in [2.75, 3.05) is 51.3 Å². The summed E-state index contributed by atoms with van der Waals surface area (Å²) in [6, 6.07) is 8.14. The maximum Gasteiger partial charge on any atom is 0.236 e. The summed E-state index contributed by atoms with van der Waals surface area (Å²) in [5.41, 5.74) is -0.0242. The normalized spacial score (nSPS) is 29.4. The van der Waals surface area contributed by atoms with E-state index in [-0.39, 0.29) is 11.8 Å². The van der Waals surface area contributed by atoms with Crippen LogP contribution in [-0.4, -0.2) is 68.0 Å². The van der Waals surface area contributed by atoms with Gasteiger partial charge in [0.1, 0.15) is 5.75 Å². The minimum Gasteiger partial charge on any atom is -0.495 e. The van der Waals surface area contributed by atoms with E-state index in [4.69, 9.17) is 4.74 Å². The van der Waals surface area contributed by atoms with Gasteiger partial charge in [-0.3, -0.25) is 19.4 Å². The molecule has 1 aliphatic carbocycles. The van der Waals surface area contributed by atoms with Gasteiger partial charge in [0.2, 0.25) is 11.8 Å². The molecule has 1 aromatic rings. The number of methoxy groups -OCH3 is 1. The first-order valence-electron chi connectivity index (χ1n) is 11.0. The van der Waals surface area contributed by atoms with Crippen LogP contribution in [-0.2, 0) is 9.59 Å². The van der Waals surface area contributed by atoms with Gasteiger partial charge in [0.25, 0.3) is 0 Å². The maximum absolute atomic E-state index is 13.1. The predicted molar refractivity (Wildman–Crippen MR) is 118 cm³/mol. The Morgan fingerprint density at radius 3 is 2.10 bits per heavy atom. The van der Waals surface area contributed by atoms with Crippen molar-refractivity contribution in [1.29, 1.82) is 0 Å². The van der Waals surface area contributed by atoms with Crippen molar-refractivity contribution in [3.63, 3.8) is 0 Å². The highest BCUT2D eigenvalue weighted by Gasteiger charge is 2.63. The number of rotatable bonds is 6. The van der Waals surface area contributed by atoms with Crippen LogP contribution in [0.2, 0.25) is 0 Å². The second-order valence-electron chi connectivity index (χ2n) is 9.16. The Morgan fingerprint density at radius 1 is 0.900 bits per heavy atom. The molecular formula is C24H33N3O3. The summed E-state index contributed by atoms with van der Waals surface area (Å²) >= 11 is 0. The highest BCUT2D eigenvalue weighted by Crippen LogP contribution is 2.54. The first-order chi connectivity index (χ1) is 14.4. The van der Waals surface area contributed by atoms with Crippen molar-refractivity contribution >= 4 is 17.5 Å². The lowest BCUT2D eigenvalue weighted by molar-refractivity contribution is -0.141. The molecule has 2 saturated heterocycles. The van der Waals surface area contributed by atoms with Gasteiger partial charge in [0, 0.05) is 32.7 Å². The second-order valence-corrected chi connectivity index (χ2v) is 9.16. The summed E-state index contributed by atoms with van der Waals surface area (Å²) in [7, 11) is 1.71. The van der Waals surface area contributed by atoms with Crippen LogP contribution in [0, 0.1) is 10.8 Å². The Hall–Kier alpha value is -2.34. The van der Waals surface area contributed by atoms with Crippen molar-refractivity contribution in [3.8, 4) is 5.75 Å². The lowest BCUT2D eigenvalue weighted by atomic mass is 9.61. The molecule has 0 saturated carbocycles. The van der Waals surface area contributed by atoms with Gasteiger partial charge in [0.05, 0.1) is 23.6 Å². The molecule has 0 spiro atoms. The summed E-state index contributed by atoms with van der Waals surface area (Å²) in [5, 5.41) is 0. The molecule has 6 nitrogen and oxygen atoms in total. The van der Waals surface area contributed by atoms with Gasteiger partial charge in [0.15, 0.2) is 0 Å². The zero-order valence-corrected chi connectivity index (χ0v) is 18.4. The van der Waals surface area contributed by atoms with Crippen molar-refractivity contribution in [3.05, 3.63) is 36.4 Å². The summed E-state index contributed by atoms with van der Waals surface area (Å²) in [5.74, 6) is 0.940. The van der Waals surface area contributed by atoms with E-state index in [1.807, 2.05) is 32.0 Å². The fraction of sp³-hybridized carbons (Fsp3) is 0.583. The first-order valence-corrected chi connectivity index (χ1v) is 11.0. The average Bonchev–Trinajstić information content (AvgIpc) is 2.92. The number of benzene rings is 1. The monoisotopic (exact) mass is 411 g/mol. The van der Waals surface area contributed by atoms with Crippen molar-refractivity contribution in [2.45, 2.75) is 33.1 Å². The Balaban J connectivity index is 1.29. The molecule has 2 atom stereocenters. The van der Waals surface area contributed by atoms with Gasteiger partial charge in [-0.05, 0) is 51.8 Å². The fourth-order valence-corrected chi connectivity index (χ4v) is 5.18. The molecule has 0 bridgehead atoms. The number of likely N-dealkylation sites (tertiary alicyclic amines) is 1. The molecule has 0 radical (unpaired) electrons. The number of carbonyl (C=O) groups excluding carboxylic acids is 2. The number of piperazine rings is 1. The summed E-state index contributed by atoms with van der Waals surface area (Å²) < 4.78 is 5.49. The van der Waals surface area contributed by atoms with Crippen LogP contribution in [0.4, 0.5) is 5.69 Å². The molecule has 2 heterocycles. The summed E-state index contributed by atoms with van der Waals surface area (Å²) in [6.07, 6.45) is 6.26. The van der Waals surface area contributed by atoms with Crippen LogP contribution in [0.15, 0.2) is 36.4 Å². The van der Waals surface area contributed by atoms with E-state index < -0.39 is 10.8 Å². The average molecular weight is 412 g/mol. The van der Waals surface area contributed by atoms with E-state index in [1.54, 1.807) is 7.11 Å². The van der Waals surface area contributed by atoms with Gasteiger partial charge in [-0.25, -0.2) is 0 Å². The summed E-state index contributed by atoms with van der Waals surface area (Å²) in [6.45, 7) is 9.20. The fourth-order valence-electron chi connectivity index (χ4n) is 5.18. The third-order valence-electron chi connectivity index (χ3n) is 7.53. The topological polar surface area (TPSA) is 53.1 Å². The number of para-hydroxylation sites is 2. The smallest absolute Gasteiger partial charge is 0.236 e. The highest BCUT2D eigenvalue weighted by molar-refractivity contribution is 6.09. The molecule has 0 N–H and O–H groups in total. The molecule has 30 heavy (non-hydrogen) atoms. The van der Waals surface area contributed by atoms with Crippen LogP contribution >= 0.6 is 0 Å². The number of ether oxygens (including phenoxy) is 1. The quantitative estimate of drug-likeness (QED) is 0.532. The minimum absolute atomic E-state index is 0.0142. The molecule has 2 unspecified atom stereocenters. The van der Waals surface area contributed by atoms with Gasteiger partial charge < -0.3 is 9.64 Å². The molecule has 2 fully saturated rings. The number of hydrogen-bond donors (Lipinski definition) is 0. The van der Waals surface area contributed by atoms with Gasteiger partial charge in [-0.2, -0.15) is 0 Å². The molecule has 2 amide bonds. The largest absolute Gasteiger partial charge is 0.495 e. The zero-order valence-electron chi connectivity index (χ0n) is 18.4. The third kappa shape index (κ3) is 3.31. The van der Waals surface area contributed by atoms with Crippen LogP contribution in [0.1, 0.15) is 33.1 Å². The second kappa shape index (κ2) is 8.06. The van der Waals surface area contributed by atoms with Crippen LogP contribution in [0.3, 0.4) is 0 Å². The van der Waals surface area contributed by atoms with Crippen LogP contribution < -0.4 is 9.64 Å². The molecule has 0 aromatic heterocycles. The summed E-state index contributed by atoms with van der Waals surface area (Å²) in [4.78, 5) is 32.4. The number of allylic oxidation sites excluding steroid dienone is 2. The molecular weight excluding hydrogens is 378 g/mol. The van der Waals surface area contributed by atoms with E-state index >= 15 is 0 Å². The lowest BCUT2D eigenvalue weighted by Gasteiger charge is -2.37. The highest BCUT2D eigenvalue weighted by atomic mass is 16.5. The Bertz CT molecular complexity index is 814. The molecule has 2 aliphatic heterocycles. The van der Waals surface area contributed by atoms with Gasteiger partial charge in [-0.1, -0.05) is 24.3 Å². The molecule has 6 heteroatoms. The van der Waals surface area contributed by atoms with Crippen LogP contribution in [0.25, 0.3) is 0 Å². The zero-order chi connectivity index (χ0) is 21.4. The molecule has 1 aromatic carbocycles. The number of fused-ring (bicyclic) bond motifs is 1. The standard InChI is InChI=1S/C24H33N3O3/c1-23-11-6-7-12-24(23,2)22(29)27(21(23)28)14-8-13-25-15-17-26(18-16-25)19-9-4-5-10-20(19)30-3/h4-7,9-10H,8,11-18H2,1-3H3. The number of anilines is 1. The molecule has 3 aliphatic rings. The molecule has 4 rings (SSSR count). The van der Waals surface area contributed by atoms with Crippen LogP contribution in [0.5, 0.6) is 5.75 Å². The van der Waals surface area contributed by atoms with Crippen molar-refractivity contribution < 1.29 is 14.3 Å². The maximum atomic E-state index is 13.1. The number of carbonyl (C=O) groups is 2. The molecule has 162 valence electrons. The Morgan fingerprint density at radius 2 is 1.50 bits per heavy atom. The van der Waals surface area contributed by atoms with Crippen molar-refractivity contribution in [2.24, 2.45) is 10.8 Å². The van der Waals surface area contributed by atoms with E-state index in [9.17, 15) is 9.59 Å². The number of nitrogens with zero attached hydrogens (tertiary/aromatic N) is 3. The number of amides is 2.